The van der Waals surface area contributed by atoms with E-state index >= 15 is 0 Å². The Morgan fingerprint density at radius 3 is 2.70 bits per heavy atom. The molecule has 0 radical (unpaired) electrons. The number of ether oxygens (including phenoxy) is 1. The van der Waals surface area contributed by atoms with Crippen LogP contribution in [0.5, 0.6) is 5.75 Å². The summed E-state index contributed by atoms with van der Waals surface area (Å²) in [6, 6.07) is 14.8. The average Bonchev–Trinajstić information content (AvgIpc) is 2.62. The second kappa shape index (κ2) is 7.02. The zero-order chi connectivity index (χ0) is 16.2. The van der Waals surface area contributed by atoms with Gasteiger partial charge in [-0.25, -0.2) is 0 Å². The minimum Gasteiger partial charge on any atom is -0.496 e. The molecule has 2 aromatic carbocycles. The van der Waals surface area contributed by atoms with Gasteiger partial charge in [-0.1, -0.05) is 29.8 Å². The van der Waals surface area contributed by atoms with Crippen LogP contribution in [0.1, 0.15) is 22.0 Å². The number of carbonyl (C=O) groups excluding carboxylic acids is 1. The minimum atomic E-state index is -0.0527. The van der Waals surface area contributed by atoms with Gasteiger partial charge in [-0.15, -0.1) is 0 Å². The summed E-state index contributed by atoms with van der Waals surface area (Å²) in [5.74, 6) is 0.814. The van der Waals surface area contributed by atoms with E-state index < -0.39 is 0 Å². The fourth-order valence-electron chi connectivity index (χ4n) is 2.93. The molecule has 0 aliphatic carbocycles. The van der Waals surface area contributed by atoms with Gasteiger partial charge in [0.2, 0.25) is 0 Å². The number of amides is 1. The van der Waals surface area contributed by atoms with Gasteiger partial charge in [-0.05, 0) is 30.3 Å². The standard InChI is InChI=1S/C18H19ClN2O2/c1-23-17-5-3-2-4-15(17)16-12-20-10-11-21(16)18(22)13-6-8-14(19)9-7-13/h2-9,16,20H,10-12H2,1H3. The SMILES string of the molecule is COc1ccccc1C1CNCCN1C(=O)c1ccc(Cl)cc1. The number of para-hydroxylation sites is 1. The van der Waals surface area contributed by atoms with Crippen molar-refractivity contribution in [2.45, 2.75) is 6.04 Å². The molecule has 1 heterocycles. The molecule has 1 N–H and O–H groups in total. The first-order valence-corrected chi connectivity index (χ1v) is 7.98. The third kappa shape index (κ3) is 3.33. The number of benzene rings is 2. The Morgan fingerprint density at radius 2 is 1.96 bits per heavy atom. The van der Waals surface area contributed by atoms with Crippen LogP contribution in [0.25, 0.3) is 0 Å². The van der Waals surface area contributed by atoms with Crippen LogP contribution in [0.2, 0.25) is 5.02 Å². The summed E-state index contributed by atoms with van der Waals surface area (Å²) in [6.07, 6.45) is 0. The first-order chi connectivity index (χ1) is 11.2. The van der Waals surface area contributed by atoms with Crippen molar-refractivity contribution in [2.24, 2.45) is 0 Å². The number of nitrogens with one attached hydrogen (secondary N) is 1. The third-order valence-electron chi connectivity index (χ3n) is 4.09. The van der Waals surface area contributed by atoms with Gasteiger partial charge in [-0.3, -0.25) is 4.79 Å². The highest BCUT2D eigenvalue weighted by Crippen LogP contribution is 2.31. The number of hydrogen-bond acceptors (Lipinski definition) is 3. The monoisotopic (exact) mass is 330 g/mol. The molecule has 5 heteroatoms. The summed E-state index contributed by atoms with van der Waals surface area (Å²) < 4.78 is 5.46. The van der Waals surface area contributed by atoms with E-state index in [-0.39, 0.29) is 11.9 Å². The van der Waals surface area contributed by atoms with E-state index in [1.807, 2.05) is 29.2 Å². The summed E-state index contributed by atoms with van der Waals surface area (Å²) in [6.45, 7) is 2.15. The van der Waals surface area contributed by atoms with E-state index in [0.29, 0.717) is 23.7 Å². The van der Waals surface area contributed by atoms with Gasteiger partial charge < -0.3 is 15.0 Å². The van der Waals surface area contributed by atoms with Crippen LogP contribution in [-0.2, 0) is 0 Å². The largest absolute Gasteiger partial charge is 0.496 e. The molecule has 23 heavy (non-hydrogen) atoms. The third-order valence-corrected chi connectivity index (χ3v) is 4.35. The number of carbonyl (C=O) groups is 1. The second-order valence-corrected chi connectivity index (χ2v) is 5.90. The molecule has 0 aromatic heterocycles. The molecule has 1 atom stereocenters. The normalized spacial score (nSPS) is 17.8. The molecule has 3 rings (SSSR count). The number of nitrogens with zero attached hydrogens (tertiary/aromatic N) is 1. The maximum absolute atomic E-state index is 12.9. The Labute approximate surface area is 141 Å². The molecule has 1 aliphatic rings. The Bertz CT molecular complexity index is 688. The van der Waals surface area contributed by atoms with E-state index in [0.717, 1.165) is 17.9 Å². The van der Waals surface area contributed by atoms with Crippen LogP contribution in [0.3, 0.4) is 0 Å². The number of rotatable bonds is 3. The molecule has 1 aliphatic heterocycles. The Hall–Kier alpha value is -2.04. The smallest absolute Gasteiger partial charge is 0.254 e. The van der Waals surface area contributed by atoms with Crippen molar-refractivity contribution in [3.63, 3.8) is 0 Å². The quantitative estimate of drug-likeness (QED) is 0.940. The summed E-state index contributed by atoms with van der Waals surface area (Å²) >= 11 is 5.91. The maximum Gasteiger partial charge on any atom is 0.254 e. The lowest BCUT2D eigenvalue weighted by Crippen LogP contribution is -2.48. The molecular weight excluding hydrogens is 312 g/mol. The van der Waals surface area contributed by atoms with E-state index in [9.17, 15) is 4.79 Å². The van der Waals surface area contributed by atoms with Crippen molar-refractivity contribution < 1.29 is 9.53 Å². The molecule has 1 saturated heterocycles. The fourth-order valence-corrected chi connectivity index (χ4v) is 3.05. The van der Waals surface area contributed by atoms with Crippen LogP contribution in [0.15, 0.2) is 48.5 Å². The molecule has 1 amide bonds. The van der Waals surface area contributed by atoms with Crippen molar-refractivity contribution in [1.82, 2.24) is 10.2 Å². The first kappa shape index (κ1) is 15.8. The highest BCUT2D eigenvalue weighted by atomic mass is 35.5. The van der Waals surface area contributed by atoms with Crippen molar-refractivity contribution in [1.29, 1.82) is 0 Å². The van der Waals surface area contributed by atoms with E-state index in [1.165, 1.54) is 0 Å². The van der Waals surface area contributed by atoms with Gasteiger partial charge in [0.05, 0.1) is 13.2 Å². The lowest BCUT2D eigenvalue weighted by molar-refractivity contribution is 0.0631. The molecule has 4 nitrogen and oxygen atoms in total. The van der Waals surface area contributed by atoms with Gasteiger partial charge in [0.1, 0.15) is 5.75 Å². The fraction of sp³-hybridized carbons (Fsp3) is 0.278. The number of hydrogen-bond donors (Lipinski definition) is 1. The molecule has 2 aromatic rings. The predicted molar refractivity (Wildman–Crippen MR) is 91.1 cm³/mol. The van der Waals surface area contributed by atoms with E-state index in [1.54, 1.807) is 31.4 Å². The van der Waals surface area contributed by atoms with E-state index in [2.05, 4.69) is 5.32 Å². The van der Waals surface area contributed by atoms with Crippen LogP contribution in [0.4, 0.5) is 0 Å². The van der Waals surface area contributed by atoms with Crippen LogP contribution in [-0.4, -0.2) is 37.6 Å². The Balaban J connectivity index is 1.92. The highest BCUT2D eigenvalue weighted by molar-refractivity contribution is 6.30. The zero-order valence-electron chi connectivity index (χ0n) is 13.0. The number of piperazine rings is 1. The number of methoxy groups -OCH3 is 1. The van der Waals surface area contributed by atoms with Crippen molar-refractivity contribution >= 4 is 17.5 Å². The summed E-state index contributed by atoms with van der Waals surface area (Å²) in [4.78, 5) is 14.8. The zero-order valence-corrected chi connectivity index (χ0v) is 13.7. The highest BCUT2D eigenvalue weighted by Gasteiger charge is 2.30. The van der Waals surface area contributed by atoms with E-state index in [4.69, 9.17) is 16.3 Å². The van der Waals surface area contributed by atoms with Crippen molar-refractivity contribution in [3.8, 4) is 5.75 Å². The van der Waals surface area contributed by atoms with Gasteiger partial charge in [0.25, 0.3) is 5.91 Å². The molecular formula is C18H19ClN2O2. The lowest BCUT2D eigenvalue weighted by atomic mass is 10.0. The lowest BCUT2D eigenvalue weighted by Gasteiger charge is -2.37. The molecule has 1 fully saturated rings. The average molecular weight is 331 g/mol. The molecule has 0 saturated carbocycles. The maximum atomic E-state index is 12.9. The Kier molecular flexibility index (Phi) is 4.84. The Morgan fingerprint density at radius 1 is 1.22 bits per heavy atom. The van der Waals surface area contributed by atoms with Crippen LogP contribution in [0, 0.1) is 0 Å². The molecule has 120 valence electrons. The van der Waals surface area contributed by atoms with Crippen molar-refractivity contribution in [3.05, 3.63) is 64.7 Å². The van der Waals surface area contributed by atoms with Gasteiger partial charge in [0, 0.05) is 35.8 Å². The second-order valence-electron chi connectivity index (χ2n) is 5.47. The summed E-state index contributed by atoms with van der Waals surface area (Å²) in [5.41, 5.74) is 1.67. The van der Waals surface area contributed by atoms with Crippen LogP contribution >= 0.6 is 11.6 Å². The first-order valence-electron chi connectivity index (χ1n) is 7.61. The van der Waals surface area contributed by atoms with Gasteiger partial charge in [-0.2, -0.15) is 0 Å². The van der Waals surface area contributed by atoms with Crippen LogP contribution < -0.4 is 10.1 Å². The molecule has 0 bridgehead atoms. The van der Waals surface area contributed by atoms with Crippen molar-refractivity contribution in [2.75, 3.05) is 26.7 Å². The predicted octanol–water partition coefficient (Wildman–Crippen LogP) is 3.14. The number of halogens is 1. The molecule has 1 unspecified atom stereocenters. The topological polar surface area (TPSA) is 41.6 Å². The molecule has 0 spiro atoms. The van der Waals surface area contributed by atoms with Gasteiger partial charge in [0.15, 0.2) is 0 Å². The summed E-state index contributed by atoms with van der Waals surface area (Å²) in [5, 5.41) is 3.99. The van der Waals surface area contributed by atoms with Gasteiger partial charge >= 0.3 is 0 Å². The minimum absolute atomic E-state index is 0.0130. The summed E-state index contributed by atoms with van der Waals surface area (Å²) in [7, 11) is 1.65.